The Morgan fingerprint density at radius 1 is 0.792 bits per heavy atom. The van der Waals surface area contributed by atoms with Gasteiger partial charge in [-0.1, -0.05) is 124 Å². The van der Waals surface area contributed by atoms with Crippen molar-refractivity contribution in [1.82, 2.24) is 14.9 Å². The van der Waals surface area contributed by atoms with Crippen molar-refractivity contribution in [3.8, 4) is 22.5 Å². The predicted molar refractivity (Wildman–Crippen MR) is 194 cm³/mol. The number of aryl methyl sites for hydroxylation is 1. The molecule has 5 rings (SSSR count). The van der Waals surface area contributed by atoms with Crippen LogP contribution in [0.1, 0.15) is 79.4 Å². The number of carboxylic acid groups (broad SMARTS) is 1. The molecule has 1 heterocycles. The van der Waals surface area contributed by atoms with Gasteiger partial charge in [0.1, 0.15) is 5.82 Å². The molecule has 0 aliphatic carbocycles. The van der Waals surface area contributed by atoms with Crippen LogP contribution in [-0.4, -0.2) is 33.2 Å². The highest BCUT2D eigenvalue weighted by Gasteiger charge is 2.24. The molecule has 0 atom stereocenters. The number of amides is 2. The van der Waals surface area contributed by atoms with Crippen molar-refractivity contribution in [2.45, 2.75) is 71.9 Å². The number of imidazole rings is 1. The fraction of sp³-hybridized carbons (Fsp3) is 0.293. The number of aromatic carboxylic acids is 1. The highest BCUT2D eigenvalue weighted by molar-refractivity contribution is 5.97. The summed E-state index contributed by atoms with van der Waals surface area (Å²) in [6.07, 6.45) is 11.1. The van der Waals surface area contributed by atoms with Gasteiger partial charge in [0.05, 0.1) is 17.8 Å². The molecule has 7 nitrogen and oxygen atoms in total. The third-order valence-corrected chi connectivity index (χ3v) is 8.67. The van der Waals surface area contributed by atoms with Gasteiger partial charge in [-0.25, -0.2) is 14.6 Å². The van der Waals surface area contributed by atoms with Crippen molar-refractivity contribution in [3.63, 3.8) is 0 Å². The zero-order valence-corrected chi connectivity index (χ0v) is 28.1. The van der Waals surface area contributed by atoms with Gasteiger partial charge in [-0.05, 0) is 59.2 Å². The lowest BCUT2D eigenvalue weighted by molar-refractivity contribution is 0.0697. The summed E-state index contributed by atoms with van der Waals surface area (Å²) in [6.45, 7) is 6.02. The number of hydrogen-bond donors (Lipinski definition) is 2. The van der Waals surface area contributed by atoms with Crippen LogP contribution in [0.4, 0.5) is 10.5 Å². The molecular weight excluding hydrogens is 596 g/mol. The fourth-order valence-corrected chi connectivity index (χ4v) is 6.09. The van der Waals surface area contributed by atoms with E-state index in [0.717, 1.165) is 84.3 Å². The van der Waals surface area contributed by atoms with E-state index in [0.29, 0.717) is 25.2 Å². The Morgan fingerprint density at radius 3 is 2.29 bits per heavy atom. The molecule has 48 heavy (non-hydrogen) atoms. The van der Waals surface area contributed by atoms with Gasteiger partial charge in [0.25, 0.3) is 0 Å². The number of carboxylic acids is 1. The molecule has 5 aromatic rings. The number of unbranched alkanes of at least 4 members (excludes halogenated alkanes) is 4. The first-order valence-corrected chi connectivity index (χ1v) is 17.1. The molecule has 0 bridgehead atoms. The van der Waals surface area contributed by atoms with Crippen LogP contribution >= 0.6 is 0 Å². The quantitative estimate of drug-likeness (QED) is 0.105. The number of nitrogens with zero attached hydrogens (tertiary/aromatic N) is 3. The van der Waals surface area contributed by atoms with Gasteiger partial charge in [-0.15, -0.1) is 0 Å². The number of carbonyl (C=O) groups excluding carboxylic acids is 1. The second-order valence-corrected chi connectivity index (χ2v) is 12.2. The lowest BCUT2D eigenvalue weighted by Gasteiger charge is -2.27. The molecule has 0 spiro atoms. The van der Waals surface area contributed by atoms with Gasteiger partial charge in [0.2, 0.25) is 0 Å². The van der Waals surface area contributed by atoms with E-state index in [1.807, 2.05) is 78.0 Å². The van der Waals surface area contributed by atoms with Crippen LogP contribution in [0, 0.1) is 0 Å². The number of nitrogens with one attached hydrogen (secondary N) is 1. The second kappa shape index (κ2) is 17.1. The maximum atomic E-state index is 14.0. The van der Waals surface area contributed by atoms with E-state index in [4.69, 9.17) is 4.98 Å². The Labute approximate surface area is 284 Å². The van der Waals surface area contributed by atoms with Gasteiger partial charge in [-0.3, -0.25) is 4.90 Å². The number of rotatable bonds is 16. The Bertz CT molecular complexity index is 1780. The van der Waals surface area contributed by atoms with E-state index < -0.39 is 5.97 Å². The van der Waals surface area contributed by atoms with E-state index in [-0.39, 0.29) is 11.6 Å². The van der Waals surface area contributed by atoms with E-state index in [9.17, 15) is 14.7 Å². The normalized spacial score (nSPS) is 11.0. The summed E-state index contributed by atoms with van der Waals surface area (Å²) in [5, 5.41) is 12.9. The standard InChI is InChI=1S/C41H46N4O3/c1-3-5-7-13-26-43-41(48)45(30-31-15-9-8-10-16-31)37-21-14-18-34(17-6-4-2)38(37)39-42-27-28-44(39)29-32-22-24-33(25-23-32)35-19-11-12-20-36(35)40(46)47/h8-12,14-16,18-25,27-28H,3-7,13,17,26,29-30H2,1-2H3,(H,43,48)(H,46,47). The minimum atomic E-state index is -0.943. The van der Waals surface area contributed by atoms with E-state index in [1.54, 1.807) is 12.1 Å². The van der Waals surface area contributed by atoms with Crippen LogP contribution in [-0.2, 0) is 19.5 Å². The van der Waals surface area contributed by atoms with Crippen LogP contribution in [0.5, 0.6) is 0 Å². The Morgan fingerprint density at radius 2 is 1.54 bits per heavy atom. The number of aromatic nitrogens is 2. The summed E-state index contributed by atoms with van der Waals surface area (Å²) in [5.74, 6) is -0.132. The minimum absolute atomic E-state index is 0.111. The van der Waals surface area contributed by atoms with Crippen LogP contribution in [0.2, 0.25) is 0 Å². The summed E-state index contributed by atoms with van der Waals surface area (Å²) in [4.78, 5) is 32.5. The number of benzene rings is 4. The fourth-order valence-electron chi connectivity index (χ4n) is 6.09. The third kappa shape index (κ3) is 8.59. The van der Waals surface area contributed by atoms with Gasteiger partial charge >= 0.3 is 12.0 Å². The molecule has 2 N–H and O–H groups in total. The average molecular weight is 643 g/mol. The molecule has 7 heteroatoms. The van der Waals surface area contributed by atoms with Crippen molar-refractivity contribution in [3.05, 3.63) is 132 Å². The molecule has 0 unspecified atom stereocenters. The third-order valence-electron chi connectivity index (χ3n) is 8.67. The van der Waals surface area contributed by atoms with Gasteiger partial charge in [-0.2, -0.15) is 0 Å². The summed E-state index contributed by atoms with van der Waals surface area (Å²) in [6, 6.07) is 31.3. The molecule has 4 aromatic carbocycles. The molecule has 0 saturated heterocycles. The van der Waals surface area contributed by atoms with Crippen molar-refractivity contribution in [2.24, 2.45) is 0 Å². The molecule has 1 aromatic heterocycles. The average Bonchev–Trinajstić information content (AvgIpc) is 3.57. The van der Waals surface area contributed by atoms with Crippen molar-refractivity contribution in [1.29, 1.82) is 0 Å². The Balaban J connectivity index is 1.50. The summed E-state index contributed by atoms with van der Waals surface area (Å²) < 4.78 is 2.14. The number of hydrogen-bond acceptors (Lipinski definition) is 3. The molecule has 248 valence electrons. The molecule has 0 aliphatic heterocycles. The topological polar surface area (TPSA) is 87.5 Å². The van der Waals surface area contributed by atoms with E-state index >= 15 is 0 Å². The zero-order valence-electron chi connectivity index (χ0n) is 28.1. The Hall–Kier alpha value is -5.17. The predicted octanol–water partition coefficient (Wildman–Crippen LogP) is 9.60. The second-order valence-electron chi connectivity index (χ2n) is 12.2. The summed E-state index contributed by atoms with van der Waals surface area (Å²) in [5.41, 5.74) is 6.91. The minimum Gasteiger partial charge on any atom is -0.478 e. The molecular formula is C41H46N4O3. The van der Waals surface area contributed by atoms with Gasteiger partial charge in [0, 0.05) is 31.0 Å². The molecule has 0 fully saturated rings. The number of anilines is 1. The van der Waals surface area contributed by atoms with Gasteiger partial charge < -0.3 is 15.0 Å². The van der Waals surface area contributed by atoms with Crippen molar-refractivity contribution < 1.29 is 14.7 Å². The first kappa shape index (κ1) is 34.2. The SMILES string of the molecule is CCCCCCNC(=O)N(Cc1ccccc1)c1cccc(CCCC)c1-c1nccn1Cc1ccc(-c2ccccc2C(=O)O)cc1. The monoisotopic (exact) mass is 642 g/mol. The summed E-state index contributed by atoms with van der Waals surface area (Å²) in [7, 11) is 0. The van der Waals surface area contributed by atoms with Crippen LogP contribution in [0.3, 0.4) is 0 Å². The zero-order chi connectivity index (χ0) is 33.7. The molecule has 0 saturated carbocycles. The number of urea groups is 1. The van der Waals surface area contributed by atoms with Gasteiger partial charge in [0.15, 0.2) is 0 Å². The Kier molecular flexibility index (Phi) is 12.2. The molecule has 0 radical (unpaired) electrons. The van der Waals surface area contributed by atoms with Crippen LogP contribution in [0.15, 0.2) is 109 Å². The first-order valence-electron chi connectivity index (χ1n) is 17.1. The first-order chi connectivity index (χ1) is 23.5. The van der Waals surface area contributed by atoms with E-state index in [2.05, 4.69) is 48.0 Å². The maximum absolute atomic E-state index is 14.0. The highest BCUT2D eigenvalue weighted by Crippen LogP contribution is 2.36. The number of carbonyl (C=O) groups is 2. The molecule has 0 aliphatic rings. The van der Waals surface area contributed by atoms with Crippen LogP contribution in [0.25, 0.3) is 22.5 Å². The lowest BCUT2D eigenvalue weighted by atomic mass is 9.98. The highest BCUT2D eigenvalue weighted by atomic mass is 16.4. The smallest absolute Gasteiger partial charge is 0.336 e. The summed E-state index contributed by atoms with van der Waals surface area (Å²) >= 11 is 0. The van der Waals surface area contributed by atoms with E-state index in [1.165, 1.54) is 0 Å². The lowest BCUT2D eigenvalue weighted by Crippen LogP contribution is -2.40. The molecule has 2 amide bonds. The maximum Gasteiger partial charge on any atom is 0.336 e. The van der Waals surface area contributed by atoms with Crippen molar-refractivity contribution >= 4 is 17.7 Å². The van der Waals surface area contributed by atoms with Crippen LogP contribution < -0.4 is 10.2 Å². The largest absolute Gasteiger partial charge is 0.478 e. The van der Waals surface area contributed by atoms with Crippen molar-refractivity contribution in [2.75, 3.05) is 11.4 Å².